The van der Waals surface area contributed by atoms with Gasteiger partial charge in [-0.1, -0.05) is 32.6 Å². The van der Waals surface area contributed by atoms with Gasteiger partial charge in [0.15, 0.2) is 18.2 Å². The molecule has 0 aromatic carbocycles. The fourth-order valence-electron chi connectivity index (χ4n) is 3.65. The van der Waals surface area contributed by atoms with Crippen molar-refractivity contribution in [3.8, 4) is 0 Å². The van der Waals surface area contributed by atoms with Crippen molar-refractivity contribution in [2.45, 2.75) is 82.8 Å². The minimum atomic E-state index is -1.39. The number of amides is 1. The van der Waals surface area contributed by atoms with Gasteiger partial charge in [-0.25, -0.2) is 4.79 Å². The second-order valence-corrected chi connectivity index (χ2v) is 7.80. The van der Waals surface area contributed by atoms with Crippen LogP contribution in [0.3, 0.4) is 0 Å². The Hall–Kier alpha value is -2.86. The normalized spacial score (nSPS) is 21.7. The van der Waals surface area contributed by atoms with Gasteiger partial charge in [0.05, 0.1) is 18.7 Å². The molecule has 1 aliphatic heterocycles. The van der Waals surface area contributed by atoms with E-state index in [0.29, 0.717) is 6.42 Å². The summed E-state index contributed by atoms with van der Waals surface area (Å²) in [6, 6.07) is -1.90. The Morgan fingerprint density at radius 2 is 1.91 bits per heavy atom. The number of hydrogen-bond donors (Lipinski definition) is 6. The average molecular weight is 473 g/mol. The fourth-order valence-corrected chi connectivity index (χ4v) is 3.65. The first-order valence-electron chi connectivity index (χ1n) is 11.0. The van der Waals surface area contributed by atoms with Crippen molar-refractivity contribution in [1.82, 2.24) is 10.6 Å². The second kappa shape index (κ2) is 14.3. The van der Waals surface area contributed by atoms with Crippen LogP contribution in [0.1, 0.15) is 52.4 Å². The molecule has 1 amide bonds. The van der Waals surface area contributed by atoms with Crippen LogP contribution in [0, 0.1) is 5.41 Å². The number of carbonyl (C=O) groups is 3. The molecular weight excluding hydrogens is 436 g/mol. The molecule has 12 heteroatoms. The number of hydrogen-bond acceptors (Lipinski definition) is 8. The molecule has 1 aliphatic rings. The van der Waals surface area contributed by atoms with E-state index in [1.54, 1.807) is 0 Å². The van der Waals surface area contributed by atoms with Crippen LogP contribution in [-0.4, -0.2) is 78.1 Å². The maximum Gasteiger partial charge on any atom is 0.370 e. The highest BCUT2D eigenvalue weighted by atomic mass is 16.6. The second-order valence-electron chi connectivity index (χ2n) is 7.80. The summed E-state index contributed by atoms with van der Waals surface area (Å²) in [5, 5.41) is 32.1. The van der Waals surface area contributed by atoms with Gasteiger partial charge >= 0.3 is 11.9 Å². The third-order valence-corrected chi connectivity index (χ3v) is 5.15. The molecule has 0 fully saturated rings. The number of ether oxygens (including phenoxy) is 3. The molecule has 12 nitrogen and oxygen atoms in total. The summed E-state index contributed by atoms with van der Waals surface area (Å²) in [7, 11) is 1.28. The van der Waals surface area contributed by atoms with Crippen molar-refractivity contribution < 1.29 is 38.8 Å². The first-order chi connectivity index (χ1) is 15.6. The highest BCUT2D eigenvalue weighted by molar-refractivity contribution is 5.85. The smallest absolute Gasteiger partial charge is 0.370 e. The Morgan fingerprint density at radius 1 is 1.24 bits per heavy atom. The Bertz CT molecular complexity index is 714. The van der Waals surface area contributed by atoms with E-state index in [9.17, 15) is 24.6 Å². The molecule has 0 aliphatic carbocycles. The quantitative estimate of drug-likeness (QED) is 0.0866. The molecular formula is C21H36N4O8. The van der Waals surface area contributed by atoms with Gasteiger partial charge in [0, 0.05) is 20.5 Å². The van der Waals surface area contributed by atoms with Crippen LogP contribution >= 0.6 is 0 Å². The van der Waals surface area contributed by atoms with Crippen molar-refractivity contribution in [2.75, 3.05) is 13.7 Å². The Labute approximate surface area is 193 Å². The van der Waals surface area contributed by atoms with Crippen LogP contribution in [0.25, 0.3) is 0 Å². The van der Waals surface area contributed by atoms with E-state index in [1.807, 2.05) is 0 Å². The Balaban J connectivity index is 3.09. The Kier molecular flexibility index (Phi) is 12.2. The molecule has 7 N–H and O–H groups in total. The van der Waals surface area contributed by atoms with Crippen LogP contribution in [0.2, 0.25) is 0 Å². The number of nitrogens with one attached hydrogen (secondary N) is 3. The average Bonchev–Trinajstić information content (AvgIpc) is 2.74. The highest BCUT2D eigenvalue weighted by Gasteiger charge is 2.46. The number of nitrogens with two attached hydrogens (primary N) is 1. The monoisotopic (exact) mass is 472 g/mol. The van der Waals surface area contributed by atoms with Crippen LogP contribution in [0.5, 0.6) is 0 Å². The van der Waals surface area contributed by atoms with E-state index in [1.165, 1.54) is 20.1 Å². The fraction of sp³-hybridized carbons (Fsp3) is 0.714. The minimum absolute atomic E-state index is 0.159. The van der Waals surface area contributed by atoms with Gasteiger partial charge in [0.2, 0.25) is 11.7 Å². The lowest BCUT2D eigenvalue weighted by atomic mass is 9.91. The molecule has 33 heavy (non-hydrogen) atoms. The van der Waals surface area contributed by atoms with Crippen molar-refractivity contribution >= 4 is 23.8 Å². The largest absolute Gasteiger partial charge is 0.478 e. The Morgan fingerprint density at radius 3 is 2.42 bits per heavy atom. The molecule has 188 valence electrons. The summed E-state index contributed by atoms with van der Waals surface area (Å²) in [5.41, 5.74) is 5.42. The zero-order valence-electron chi connectivity index (χ0n) is 19.3. The number of aliphatic hydroxyl groups is 1. The zero-order valence-corrected chi connectivity index (χ0v) is 19.3. The number of carboxylic acid groups (broad SMARTS) is 1. The minimum Gasteiger partial charge on any atom is -0.478 e. The number of aliphatic carboxylic acids is 1. The zero-order chi connectivity index (χ0) is 25.0. The maximum atomic E-state index is 12.3. The molecule has 0 aromatic rings. The van der Waals surface area contributed by atoms with E-state index in [2.05, 4.69) is 17.6 Å². The number of carbonyl (C=O) groups excluding carboxylic acids is 2. The molecule has 0 saturated carbocycles. The van der Waals surface area contributed by atoms with Crippen LogP contribution in [-0.2, 0) is 28.6 Å². The number of guanidine groups is 1. The van der Waals surface area contributed by atoms with Gasteiger partial charge in [-0.05, 0) is 12.5 Å². The van der Waals surface area contributed by atoms with Crippen molar-refractivity contribution in [3.05, 3.63) is 11.8 Å². The lowest BCUT2D eigenvalue weighted by molar-refractivity contribution is -0.174. The van der Waals surface area contributed by atoms with E-state index in [4.69, 9.17) is 25.4 Å². The summed E-state index contributed by atoms with van der Waals surface area (Å²) in [5.74, 6) is -3.32. The molecule has 5 atom stereocenters. The van der Waals surface area contributed by atoms with E-state index >= 15 is 0 Å². The van der Waals surface area contributed by atoms with Crippen molar-refractivity contribution in [3.63, 3.8) is 0 Å². The van der Waals surface area contributed by atoms with E-state index in [0.717, 1.165) is 25.7 Å². The predicted molar refractivity (Wildman–Crippen MR) is 118 cm³/mol. The SMILES string of the molecule is CCCCCCCC(=O)O[C@H](CO)[C@@H](OC)[C@@H]1OC(C(=O)O)=C[C@H](NC(=N)N)[C@H]1NC(C)=O. The van der Waals surface area contributed by atoms with Gasteiger partial charge in [-0.3, -0.25) is 15.0 Å². The molecule has 0 bridgehead atoms. The first kappa shape index (κ1) is 28.2. The number of carboxylic acids is 1. The van der Waals surface area contributed by atoms with E-state index < -0.39 is 66.6 Å². The van der Waals surface area contributed by atoms with E-state index in [-0.39, 0.29) is 6.42 Å². The standard InChI is InChI=1S/C21H36N4O8/c1-4-5-6-7-8-9-16(28)32-15(11-26)18(31-3)19-17(24-12(2)27)13(25-21(22)23)10-14(33-19)20(29)30/h10,13,15,17-19,26H,4-9,11H2,1-3H3,(H,24,27)(H,29,30)(H4,22,23,25)/t13-,15+,17+,18+,19+/m0/s1. The number of methoxy groups -OCH3 is 1. The topological polar surface area (TPSA) is 193 Å². The molecule has 1 heterocycles. The van der Waals surface area contributed by atoms with Crippen LogP contribution < -0.4 is 16.4 Å². The third kappa shape index (κ3) is 9.26. The molecule has 0 unspecified atom stereocenters. The lowest BCUT2D eigenvalue weighted by Crippen LogP contribution is -2.64. The molecule has 1 rings (SSSR count). The van der Waals surface area contributed by atoms with Gasteiger partial charge in [-0.2, -0.15) is 0 Å². The van der Waals surface area contributed by atoms with Gasteiger partial charge in [0.25, 0.3) is 0 Å². The summed E-state index contributed by atoms with van der Waals surface area (Å²) < 4.78 is 16.4. The summed E-state index contributed by atoms with van der Waals surface area (Å²) in [6.45, 7) is 2.72. The first-order valence-corrected chi connectivity index (χ1v) is 11.0. The van der Waals surface area contributed by atoms with Crippen molar-refractivity contribution in [1.29, 1.82) is 5.41 Å². The molecule has 0 aromatic heterocycles. The molecule has 0 spiro atoms. The molecule has 0 radical (unpaired) electrons. The van der Waals surface area contributed by atoms with Crippen LogP contribution in [0.15, 0.2) is 11.8 Å². The number of esters is 1. The highest BCUT2D eigenvalue weighted by Crippen LogP contribution is 2.26. The van der Waals surface area contributed by atoms with Gasteiger partial charge in [0.1, 0.15) is 6.10 Å². The summed E-state index contributed by atoms with van der Waals surface area (Å²) in [4.78, 5) is 35.8. The summed E-state index contributed by atoms with van der Waals surface area (Å²) >= 11 is 0. The lowest BCUT2D eigenvalue weighted by Gasteiger charge is -2.41. The maximum absolute atomic E-state index is 12.3. The number of rotatable bonds is 14. The van der Waals surface area contributed by atoms with Crippen molar-refractivity contribution in [2.24, 2.45) is 5.73 Å². The molecule has 0 saturated heterocycles. The summed E-state index contributed by atoms with van der Waals surface area (Å²) in [6.07, 6.45) is 2.49. The van der Waals surface area contributed by atoms with Crippen LogP contribution in [0.4, 0.5) is 0 Å². The van der Waals surface area contributed by atoms with Gasteiger partial charge < -0.3 is 40.8 Å². The number of aliphatic hydroxyl groups excluding tert-OH is 1. The third-order valence-electron chi connectivity index (χ3n) is 5.15. The number of unbranched alkanes of at least 4 members (excludes halogenated alkanes) is 4. The van der Waals surface area contributed by atoms with Gasteiger partial charge in [-0.15, -0.1) is 0 Å². The predicted octanol–water partition coefficient (Wildman–Crippen LogP) is -0.0103.